The molecule has 138 valence electrons. The summed E-state index contributed by atoms with van der Waals surface area (Å²) in [7, 11) is 1.36. The number of ether oxygens (including phenoxy) is 1. The van der Waals surface area contributed by atoms with Crippen molar-refractivity contribution < 1.29 is 9.53 Å². The molecule has 0 radical (unpaired) electrons. The highest BCUT2D eigenvalue weighted by Crippen LogP contribution is 2.19. The molecule has 0 aliphatic carbocycles. The van der Waals surface area contributed by atoms with E-state index in [9.17, 15) is 4.79 Å². The maximum atomic E-state index is 11.5. The molecule has 27 heavy (non-hydrogen) atoms. The van der Waals surface area contributed by atoms with Gasteiger partial charge in [-0.25, -0.2) is 14.8 Å². The highest BCUT2D eigenvalue weighted by Gasteiger charge is 2.06. The van der Waals surface area contributed by atoms with Crippen molar-refractivity contribution in [3.8, 4) is 0 Å². The Kier molecular flexibility index (Phi) is 5.88. The van der Waals surface area contributed by atoms with Crippen LogP contribution in [0.25, 0.3) is 0 Å². The Morgan fingerprint density at radius 1 is 1.04 bits per heavy atom. The van der Waals surface area contributed by atoms with E-state index in [-0.39, 0.29) is 5.97 Å². The molecule has 0 saturated heterocycles. The summed E-state index contributed by atoms with van der Waals surface area (Å²) in [5.74, 6) is 1.65. The molecule has 0 aliphatic rings. The van der Waals surface area contributed by atoms with Crippen LogP contribution >= 0.6 is 11.6 Å². The van der Waals surface area contributed by atoms with Crippen molar-refractivity contribution in [1.82, 2.24) is 9.97 Å². The number of hydrogen-bond donors (Lipinski definition) is 2. The van der Waals surface area contributed by atoms with Gasteiger partial charge in [-0.05, 0) is 48.9 Å². The molecule has 0 spiro atoms. The predicted octanol–water partition coefficient (Wildman–Crippen LogP) is 4.58. The quantitative estimate of drug-likeness (QED) is 0.608. The maximum absolute atomic E-state index is 11.5. The molecule has 0 fully saturated rings. The second-order valence-electron chi connectivity index (χ2n) is 5.86. The molecule has 2 aromatic carbocycles. The van der Waals surface area contributed by atoms with Crippen LogP contribution in [0.5, 0.6) is 0 Å². The second-order valence-corrected chi connectivity index (χ2v) is 6.30. The number of aryl methyl sites for hydroxylation is 1. The highest BCUT2D eigenvalue weighted by atomic mass is 35.5. The third-order valence-corrected chi connectivity index (χ3v) is 4.06. The van der Waals surface area contributed by atoms with E-state index >= 15 is 0 Å². The average Bonchev–Trinajstić information content (AvgIpc) is 2.67. The average molecular weight is 383 g/mol. The number of nitrogens with zero attached hydrogens (tertiary/aromatic N) is 2. The first-order valence-corrected chi connectivity index (χ1v) is 8.71. The fraction of sp³-hybridized carbons (Fsp3) is 0.150. The first-order chi connectivity index (χ1) is 13.0. The number of halogens is 1. The van der Waals surface area contributed by atoms with Gasteiger partial charge in [0.15, 0.2) is 0 Å². The normalized spacial score (nSPS) is 10.3. The summed E-state index contributed by atoms with van der Waals surface area (Å²) >= 11 is 5.91. The minimum Gasteiger partial charge on any atom is -0.465 e. The smallest absolute Gasteiger partial charge is 0.337 e. The third kappa shape index (κ3) is 5.18. The highest BCUT2D eigenvalue weighted by molar-refractivity contribution is 6.30. The largest absolute Gasteiger partial charge is 0.465 e. The van der Waals surface area contributed by atoms with Gasteiger partial charge in [0.1, 0.15) is 17.5 Å². The fourth-order valence-corrected chi connectivity index (χ4v) is 2.60. The van der Waals surface area contributed by atoms with Crippen LogP contribution in [0.2, 0.25) is 5.02 Å². The van der Waals surface area contributed by atoms with E-state index in [2.05, 4.69) is 20.6 Å². The Labute approximate surface area is 162 Å². The minimum absolute atomic E-state index is 0.367. The number of nitrogens with one attached hydrogen (secondary N) is 2. The molecule has 0 atom stereocenters. The summed E-state index contributed by atoms with van der Waals surface area (Å²) in [5, 5.41) is 7.21. The van der Waals surface area contributed by atoms with Gasteiger partial charge in [-0.2, -0.15) is 0 Å². The molecule has 3 rings (SSSR count). The van der Waals surface area contributed by atoms with Crippen LogP contribution < -0.4 is 10.6 Å². The Morgan fingerprint density at radius 2 is 1.70 bits per heavy atom. The third-order valence-electron chi connectivity index (χ3n) is 3.80. The number of benzene rings is 2. The zero-order valence-electron chi connectivity index (χ0n) is 15.0. The summed E-state index contributed by atoms with van der Waals surface area (Å²) in [6.07, 6.45) is 0. The molecule has 0 amide bonds. The SMILES string of the molecule is COC(=O)c1ccc(Nc2cc(NCc3ccc(Cl)cc3)nc(C)n2)cc1. The standard InChI is InChI=1S/C20H19ClN4O2/c1-13-23-18(22-12-14-3-7-16(21)8-4-14)11-19(24-13)25-17-9-5-15(6-10-17)20(26)27-2/h3-11H,12H2,1-2H3,(H2,22,23,24,25). The summed E-state index contributed by atoms with van der Waals surface area (Å²) in [6.45, 7) is 2.46. The molecule has 2 N–H and O–H groups in total. The maximum Gasteiger partial charge on any atom is 0.337 e. The molecular formula is C20H19ClN4O2. The van der Waals surface area contributed by atoms with Gasteiger partial charge in [0.2, 0.25) is 0 Å². The summed E-state index contributed by atoms with van der Waals surface area (Å²) in [6, 6.07) is 16.5. The van der Waals surface area contributed by atoms with Crippen molar-refractivity contribution in [2.24, 2.45) is 0 Å². The van der Waals surface area contributed by atoms with E-state index < -0.39 is 0 Å². The molecule has 0 saturated carbocycles. The molecule has 0 unspecified atom stereocenters. The molecule has 7 heteroatoms. The lowest BCUT2D eigenvalue weighted by atomic mass is 10.2. The number of anilines is 3. The molecule has 0 aliphatic heterocycles. The van der Waals surface area contributed by atoms with Gasteiger partial charge < -0.3 is 15.4 Å². The van der Waals surface area contributed by atoms with Gasteiger partial charge in [0.25, 0.3) is 0 Å². The van der Waals surface area contributed by atoms with Crippen molar-refractivity contribution in [2.45, 2.75) is 13.5 Å². The van der Waals surface area contributed by atoms with Crippen LogP contribution in [-0.2, 0) is 11.3 Å². The van der Waals surface area contributed by atoms with Crippen molar-refractivity contribution >= 4 is 34.9 Å². The van der Waals surface area contributed by atoms with Crippen molar-refractivity contribution in [3.63, 3.8) is 0 Å². The first-order valence-electron chi connectivity index (χ1n) is 8.33. The van der Waals surface area contributed by atoms with Gasteiger partial charge in [-0.15, -0.1) is 0 Å². The Balaban J connectivity index is 1.69. The number of rotatable bonds is 6. The van der Waals surface area contributed by atoms with E-state index in [4.69, 9.17) is 16.3 Å². The molecule has 0 bridgehead atoms. The van der Waals surface area contributed by atoms with Gasteiger partial charge in [0, 0.05) is 23.3 Å². The van der Waals surface area contributed by atoms with Crippen molar-refractivity contribution in [3.05, 3.63) is 76.6 Å². The zero-order chi connectivity index (χ0) is 19.2. The van der Waals surface area contributed by atoms with E-state index in [0.29, 0.717) is 34.6 Å². The van der Waals surface area contributed by atoms with Gasteiger partial charge >= 0.3 is 5.97 Å². The van der Waals surface area contributed by atoms with Crippen LogP contribution in [0, 0.1) is 6.92 Å². The molecular weight excluding hydrogens is 364 g/mol. The molecule has 3 aromatic rings. The number of esters is 1. The Hall–Kier alpha value is -3.12. The minimum atomic E-state index is -0.367. The Bertz CT molecular complexity index is 928. The van der Waals surface area contributed by atoms with Crippen molar-refractivity contribution in [1.29, 1.82) is 0 Å². The van der Waals surface area contributed by atoms with Crippen LogP contribution in [0.15, 0.2) is 54.6 Å². The van der Waals surface area contributed by atoms with Crippen LogP contribution in [0.4, 0.5) is 17.3 Å². The lowest BCUT2D eigenvalue weighted by molar-refractivity contribution is 0.0601. The van der Waals surface area contributed by atoms with Crippen molar-refractivity contribution in [2.75, 3.05) is 17.7 Å². The van der Waals surface area contributed by atoms with Gasteiger partial charge in [-0.3, -0.25) is 0 Å². The number of methoxy groups -OCH3 is 1. The van der Waals surface area contributed by atoms with E-state index in [1.807, 2.05) is 37.3 Å². The number of hydrogen-bond acceptors (Lipinski definition) is 6. The molecule has 1 heterocycles. The molecule has 1 aromatic heterocycles. The van der Waals surface area contributed by atoms with Crippen LogP contribution in [-0.4, -0.2) is 23.0 Å². The topological polar surface area (TPSA) is 76.1 Å². The zero-order valence-corrected chi connectivity index (χ0v) is 15.7. The van der Waals surface area contributed by atoms with Crippen LogP contribution in [0.1, 0.15) is 21.7 Å². The van der Waals surface area contributed by atoms with Gasteiger partial charge in [-0.1, -0.05) is 23.7 Å². The van der Waals surface area contributed by atoms with Gasteiger partial charge in [0.05, 0.1) is 12.7 Å². The Morgan fingerprint density at radius 3 is 2.37 bits per heavy atom. The molecule has 6 nitrogen and oxygen atoms in total. The van der Waals surface area contributed by atoms with Crippen LogP contribution in [0.3, 0.4) is 0 Å². The van der Waals surface area contributed by atoms with E-state index in [1.54, 1.807) is 24.3 Å². The number of carbonyl (C=O) groups is 1. The number of aromatic nitrogens is 2. The van der Waals surface area contributed by atoms with E-state index in [1.165, 1.54) is 7.11 Å². The lowest BCUT2D eigenvalue weighted by Crippen LogP contribution is -2.05. The fourth-order valence-electron chi connectivity index (χ4n) is 2.47. The summed E-state index contributed by atoms with van der Waals surface area (Å²) < 4.78 is 4.70. The second kappa shape index (κ2) is 8.51. The van der Waals surface area contributed by atoms with E-state index in [0.717, 1.165) is 11.3 Å². The monoisotopic (exact) mass is 382 g/mol. The summed E-state index contributed by atoms with van der Waals surface area (Å²) in [4.78, 5) is 20.3. The lowest BCUT2D eigenvalue weighted by Gasteiger charge is -2.11. The predicted molar refractivity (Wildman–Crippen MR) is 107 cm³/mol. The number of carbonyl (C=O) groups excluding carboxylic acids is 1. The first kappa shape index (κ1) is 18.7. The summed E-state index contributed by atoms with van der Waals surface area (Å²) in [5.41, 5.74) is 2.40.